The first-order chi connectivity index (χ1) is 5.91. The molecule has 0 aliphatic carbocycles. The van der Waals surface area contributed by atoms with Crippen LogP contribution in [0.15, 0.2) is 0 Å². The molecule has 0 saturated heterocycles. The normalized spacial score (nSPS) is 4.30. The second kappa shape index (κ2) is 66.2. The van der Waals surface area contributed by atoms with Crippen molar-refractivity contribution in [2.45, 2.75) is 51.0 Å². The predicted octanol–water partition coefficient (Wildman–Crippen LogP) is 1.55. The lowest BCUT2D eigenvalue weighted by atomic mass is 10.8. The van der Waals surface area contributed by atoms with Crippen LogP contribution in [-0.4, -0.2) is 16.4 Å². The summed E-state index contributed by atoms with van der Waals surface area (Å²) in [5.41, 5.74) is 0. The van der Waals surface area contributed by atoms with Crippen molar-refractivity contribution in [2.24, 2.45) is 0 Å². The molecule has 0 aromatic carbocycles. The van der Waals surface area contributed by atoms with Crippen molar-refractivity contribution in [3.63, 3.8) is 0 Å². The summed E-state index contributed by atoms with van der Waals surface area (Å²) in [6.07, 6.45) is 4.10. The Hall–Kier alpha value is -1.56. The lowest BCUT2D eigenvalue weighted by molar-refractivity contribution is -0.743. The Morgan fingerprint density at radius 1 is 0.550 bits per heavy atom. The molecule has 9 nitrogen and oxygen atoms in total. The topological polar surface area (TPSA) is 150 Å². The van der Waals surface area contributed by atoms with E-state index in [-0.39, 0.29) is 56.4 Å². The third-order valence-corrected chi connectivity index (χ3v) is 0.439. The van der Waals surface area contributed by atoms with Crippen LogP contribution < -0.4 is 0 Å². The van der Waals surface area contributed by atoms with Gasteiger partial charge in [0.2, 0.25) is 0 Å². The highest BCUT2D eigenvalue weighted by atomic mass is 17.8. The second-order valence-electron chi connectivity index (χ2n) is 1.14. The molecule has 0 radical (unpaired) electrons. The molecule has 130 valence electrons. The van der Waals surface area contributed by atoms with Crippen LogP contribution in [0.3, 0.4) is 0 Å². The molecule has 9 heteroatoms. The standard InChI is InChI=1S/C6H6O6.5CH4.3H2O/c1-3-5-7-9-11-12-10-8-6-4-2;;;;;;;;/h1-2H3;5*1H4;3*1H2/p+2. The summed E-state index contributed by atoms with van der Waals surface area (Å²) < 4.78 is 0. The average Bonchev–Trinajstić information content (AvgIpc) is 2.10. The van der Waals surface area contributed by atoms with E-state index < -0.39 is 0 Å². The minimum atomic E-state index is 0. The van der Waals surface area contributed by atoms with Crippen molar-refractivity contribution in [1.82, 2.24) is 0 Å². The minimum absolute atomic E-state index is 0. The van der Waals surface area contributed by atoms with Crippen molar-refractivity contribution < 1.29 is 49.2 Å². The van der Waals surface area contributed by atoms with Gasteiger partial charge in [0.05, 0.1) is 0 Å². The molecule has 0 heterocycles. The van der Waals surface area contributed by atoms with Crippen molar-refractivity contribution in [3.8, 4) is 24.1 Å². The first-order valence-electron chi connectivity index (χ1n) is 2.74. The third-order valence-electron chi connectivity index (χ3n) is 0.439. The SMILES string of the molecule is C.C.C.C.C.CC#COOOOOOC#CC.O.O.O.[H+].[H+]. The second-order valence-corrected chi connectivity index (χ2v) is 1.14. The monoisotopic (exact) mass is 310 g/mol. The molecule has 0 amide bonds. The molecule has 0 bridgehead atoms. The van der Waals surface area contributed by atoms with E-state index in [0.29, 0.717) is 0 Å². The van der Waals surface area contributed by atoms with Crippen molar-refractivity contribution >= 4 is 0 Å². The van der Waals surface area contributed by atoms with Gasteiger partial charge in [0.25, 0.3) is 0 Å². The fourth-order valence-corrected chi connectivity index (χ4v) is 0.168. The molecular formula is C11H34O9+2. The zero-order chi connectivity index (χ0) is 9.07. The van der Waals surface area contributed by atoms with Gasteiger partial charge in [0.15, 0.2) is 12.2 Å². The van der Waals surface area contributed by atoms with Gasteiger partial charge in [-0.1, -0.05) is 49.0 Å². The lowest BCUT2D eigenvalue weighted by Crippen LogP contribution is -1.96. The van der Waals surface area contributed by atoms with Crippen molar-refractivity contribution in [2.75, 3.05) is 0 Å². The number of rotatable bonds is 5. The molecule has 0 unspecified atom stereocenters. The third kappa shape index (κ3) is 70.8. The van der Waals surface area contributed by atoms with Crippen LogP contribution >= 0.6 is 0 Å². The van der Waals surface area contributed by atoms with E-state index in [1.165, 1.54) is 0 Å². The summed E-state index contributed by atoms with van der Waals surface area (Å²) in [6, 6.07) is 0. The fourth-order valence-electron chi connectivity index (χ4n) is 0.168. The maximum absolute atomic E-state index is 4.01. The van der Waals surface area contributed by atoms with Gasteiger partial charge in [0, 0.05) is 34.0 Å². The molecule has 6 N–H and O–H groups in total. The van der Waals surface area contributed by atoms with Crippen LogP contribution in [-0.2, 0) is 29.9 Å². The van der Waals surface area contributed by atoms with Crippen LogP contribution in [0.25, 0.3) is 0 Å². The van der Waals surface area contributed by atoms with Gasteiger partial charge in [-0.3, -0.25) is 9.78 Å². The largest absolute Gasteiger partial charge is 1.00 e. The highest BCUT2D eigenvalue weighted by Crippen LogP contribution is 1.84. The molecule has 0 aromatic heterocycles. The summed E-state index contributed by atoms with van der Waals surface area (Å²) in [6.45, 7) is 3.08. The molecule has 0 saturated carbocycles. The Morgan fingerprint density at radius 3 is 1.00 bits per heavy atom. The number of hydrogen-bond acceptors (Lipinski definition) is 6. The Labute approximate surface area is 125 Å². The summed E-state index contributed by atoms with van der Waals surface area (Å²) in [7, 11) is 0. The molecule has 0 aliphatic heterocycles. The molecular weight excluding hydrogens is 276 g/mol. The lowest BCUT2D eigenvalue weighted by Gasteiger charge is -1.92. The van der Waals surface area contributed by atoms with E-state index in [1.54, 1.807) is 13.8 Å². The van der Waals surface area contributed by atoms with Gasteiger partial charge in [-0.05, 0) is 0 Å². The predicted molar refractivity (Wildman–Crippen MR) is 80.1 cm³/mol. The average molecular weight is 310 g/mol. The van der Waals surface area contributed by atoms with Gasteiger partial charge in [-0.15, -0.1) is 0 Å². The van der Waals surface area contributed by atoms with Crippen molar-refractivity contribution in [1.29, 1.82) is 0 Å². The first-order valence-corrected chi connectivity index (χ1v) is 2.74. The van der Waals surface area contributed by atoms with Crippen LogP contribution in [0.5, 0.6) is 0 Å². The molecule has 0 rings (SSSR count). The fraction of sp³-hybridized carbons (Fsp3) is 0.636. The summed E-state index contributed by atoms with van der Waals surface area (Å²) in [5, 5.41) is 15.1. The molecule has 0 fully saturated rings. The summed E-state index contributed by atoms with van der Waals surface area (Å²) >= 11 is 0. The van der Waals surface area contributed by atoms with Gasteiger partial charge in [-0.2, -0.15) is 0 Å². The summed E-state index contributed by atoms with van der Waals surface area (Å²) in [5.74, 6) is 4.70. The Bertz CT molecular complexity index is 197. The van der Waals surface area contributed by atoms with E-state index in [9.17, 15) is 0 Å². The van der Waals surface area contributed by atoms with E-state index >= 15 is 0 Å². The Morgan fingerprint density at radius 2 is 0.800 bits per heavy atom. The van der Waals surface area contributed by atoms with E-state index in [2.05, 4.69) is 41.8 Å². The van der Waals surface area contributed by atoms with Crippen LogP contribution in [0, 0.1) is 24.1 Å². The van der Waals surface area contributed by atoms with E-state index in [0.717, 1.165) is 0 Å². The zero-order valence-electron chi connectivity index (χ0n) is 9.95. The van der Waals surface area contributed by atoms with Crippen LogP contribution in [0.2, 0.25) is 0 Å². The van der Waals surface area contributed by atoms with Gasteiger partial charge >= 0.3 is 2.85 Å². The van der Waals surface area contributed by atoms with Gasteiger partial charge in [-0.25, -0.2) is 0 Å². The Kier molecular flexibility index (Phi) is 208. The maximum Gasteiger partial charge on any atom is 1.00 e. The molecule has 0 aromatic rings. The smallest absolute Gasteiger partial charge is 0.412 e. The minimum Gasteiger partial charge on any atom is -0.412 e. The van der Waals surface area contributed by atoms with Crippen molar-refractivity contribution in [3.05, 3.63) is 0 Å². The molecule has 0 aliphatic rings. The molecule has 0 atom stereocenters. The van der Waals surface area contributed by atoms with E-state index in [4.69, 9.17) is 0 Å². The van der Waals surface area contributed by atoms with Gasteiger partial charge in [0.1, 0.15) is 0 Å². The number of hydrogen-bond donors (Lipinski definition) is 0. The zero-order valence-corrected chi connectivity index (χ0v) is 7.95. The van der Waals surface area contributed by atoms with Gasteiger partial charge < -0.3 is 16.4 Å². The maximum atomic E-state index is 4.01. The highest BCUT2D eigenvalue weighted by molar-refractivity contribution is 4.83. The quantitative estimate of drug-likeness (QED) is 0.325. The van der Waals surface area contributed by atoms with E-state index in [1.807, 2.05) is 12.2 Å². The summed E-state index contributed by atoms with van der Waals surface area (Å²) in [4.78, 5) is 8.02. The van der Waals surface area contributed by atoms with Crippen LogP contribution in [0.4, 0.5) is 0 Å². The van der Waals surface area contributed by atoms with Crippen LogP contribution in [0.1, 0.15) is 53.8 Å². The first kappa shape index (κ1) is 62.9. The highest BCUT2D eigenvalue weighted by Gasteiger charge is 1.88. The Balaban J connectivity index is -0.0000000134. The molecule has 0 spiro atoms. The molecule has 20 heavy (non-hydrogen) atoms.